The normalized spacial score (nSPS) is 25.8. The van der Waals surface area contributed by atoms with E-state index in [0.717, 1.165) is 19.0 Å². The first-order valence-corrected chi connectivity index (χ1v) is 5.32. The van der Waals surface area contributed by atoms with E-state index in [4.69, 9.17) is 0 Å². The molecule has 1 fully saturated rings. The van der Waals surface area contributed by atoms with Crippen LogP contribution in [0.4, 0.5) is 8.78 Å². The molecule has 1 heterocycles. The molecular weight excluding hydrogens is 196 g/mol. The van der Waals surface area contributed by atoms with Crippen LogP contribution in [-0.4, -0.2) is 12.6 Å². The number of rotatable bonds is 2. The van der Waals surface area contributed by atoms with Crippen LogP contribution in [0.5, 0.6) is 0 Å². The fraction of sp³-hybridized carbons (Fsp3) is 0.500. The van der Waals surface area contributed by atoms with Crippen molar-refractivity contribution in [3.63, 3.8) is 0 Å². The summed E-state index contributed by atoms with van der Waals surface area (Å²) in [4.78, 5) is 0. The Morgan fingerprint density at radius 1 is 1.40 bits per heavy atom. The molecule has 0 spiro atoms. The minimum absolute atomic E-state index is 0.295. The third-order valence-electron chi connectivity index (χ3n) is 2.96. The zero-order chi connectivity index (χ0) is 10.8. The summed E-state index contributed by atoms with van der Waals surface area (Å²) >= 11 is 0. The van der Waals surface area contributed by atoms with Crippen molar-refractivity contribution in [1.29, 1.82) is 0 Å². The topological polar surface area (TPSA) is 12.0 Å². The molecule has 1 aromatic carbocycles. The van der Waals surface area contributed by atoms with E-state index in [1.165, 1.54) is 12.1 Å². The summed E-state index contributed by atoms with van der Waals surface area (Å²) in [6.45, 7) is 3.01. The molecule has 82 valence electrons. The van der Waals surface area contributed by atoms with Crippen molar-refractivity contribution in [3.05, 3.63) is 35.4 Å². The van der Waals surface area contributed by atoms with Gasteiger partial charge in [0, 0.05) is 6.04 Å². The van der Waals surface area contributed by atoms with Crippen LogP contribution in [0.3, 0.4) is 0 Å². The maximum absolute atomic E-state index is 13.3. The molecule has 0 aromatic heterocycles. The molecule has 2 atom stereocenters. The van der Waals surface area contributed by atoms with Gasteiger partial charge in [0.15, 0.2) is 0 Å². The van der Waals surface area contributed by atoms with Gasteiger partial charge in [0.25, 0.3) is 0 Å². The van der Waals surface area contributed by atoms with Crippen molar-refractivity contribution in [1.82, 2.24) is 5.32 Å². The van der Waals surface area contributed by atoms with E-state index < -0.39 is 0 Å². The minimum Gasteiger partial charge on any atom is -0.314 e. The fourth-order valence-corrected chi connectivity index (χ4v) is 2.20. The highest BCUT2D eigenvalue weighted by Gasteiger charge is 2.21. The quantitative estimate of drug-likeness (QED) is 0.792. The lowest BCUT2D eigenvalue weighted by atomic mass is 9.97. The van der Waals surface area contributed by atoms with E-state index in [2.05, 4.69) is 12.2 Å². The summed E-state index contributed by atoms with van der Waals surface area (Å²) in [6, 6.07) is 4.16. The highest BCUT2D eigenvalue weighted by Crippen LogP contribution is 2.21. The van der Waals surface area contributed by atoms with E-state index in [0.29, 0.717) is 23.9 Å². The van der Waals surface area contributed by atoms with Crippen LogP contribution in [0.25, 0.3) is 0 Å². The van der Waals surface area contributed by atoms with E-state index in [1.54, 1.807) is 0 Å². The summed E-state index contributed by atoms with van der Waals surface area (Å²) in [6.07, 6.45) is 1.66. The highest BCUT2D eigenvalue weighted by molar-refractivity contribution is 5.19. The van der Waals surface area contributed by atoms with Crippen LogP contribution >= 0.6 is 0 Å². The second-order valence-electron chi connectivity index (χ2n) is 4.35. The minimum atomic E-state index is -0.356. The third-order valence-corrected chi connectivity index (χ3v) is 2.96. The van der Waals surface area contributed by atoms with Crippen molar-refractivity contribution in [2.75, 3.05) is 6.54 Å². The molecule has 0 saturated carbocycles. The van der Waals surface area contributed by atoms with Crippen molar-refractivity contribution in [3.8, 4) is 0 Å². The first-order chi connectivity index (χ1) is 7.15. The zero-order valence-electron chi connectivity index (χ0n) is 8.76. The Balaban J connectivity index is 2.07. The Morgan fingerprint density at radius 2 is 2.20 bits per heavy atom. The predicted octanol–water partition coefficient (Wildman–Crippen LogP) is 2.51. The molecule has 0 aliphatic carbocycles. The van der Waals surface area contributed by atoms with Crippen LogP contribution in [0.1, 0.15) is 18.9 Å². The molecule has 3 heteroatoms. The summed E-state index contributed by atoms with van der Waals surface area (Å²) in [5, 5.41) is 3.31. The van der Waals surface area contributed by atoms with E-state index in [9.17, 15) is 8.78 Å². The Kier molecular flexibility index (Phi) is 3.00. The molecular formula is C12H15F2N. The average molecular weight is 211 g/mol. The van der Waals surface area contributed by atoms with Gasteiger partial charge in [-0.1, -0.05) is 0 Å². The molecule has 1 saturated heterocycles. The van der Waals surface area contributed by atoms with Crippen molar-refractivity contribution >= 4 is 0 Å². The van der Waals surface area contributed by atoms with Gasteiger partial charge in [-0.05, 0) is 56.0 Å². The molecule has 1 aromatic rings. The number of hydrogen-bond donors (Lipinski definition) is 1. The average Bonchev–Trinajstić information content (AvgIpc) is 2.58. The van der Waals surface area contributed by atoms with Crippen LogP contribution in [-0.2, 0) is 6.42 Å². The number of hydrogen-bond acceptors (Lipinski definition) is 1. The van der Waals surface area contributed by atoms with Crippen LogP contribution in [0, 0.1) is 17.6 Å². The maximum atomic E-state index is 13.3. The maximum Gasteiger partial charge on any atom is 0.126 e. The molecule has 1 aliphatic heterocycles. The van der Waals surface area contributed by atoms with Crippen molar-refractivity contribution in [2.45, 2.75) is 25.8 Å². The van der Waals surface area contributed by atoms with Gasteiger partial charge >= 0.3 is 0 Å². The smallest absolute Gasteiger partial charge is 0.126 e. The second kappa shape index (κ2) is 4.27. The van der Waals surface area contributed by atoms with Gasteiger partial charge in [-0.2, -0.15) is 0 Å². The molecule has 1 aliphatic rings. The third kappa shape index (κ3) is 2.53. The van der Waals surface area contributed by atoms with E-state index >= 15 is 0 Å². The molecule has 0 amide bonds. The molecule has 0 radical (unpaired) electrons. The van der Waals surface area contributed by atoms with Gasteiger partial charge in [0.1, 0.15) is 11.6 Å². The van der Waals surface area contributed by atoms with Gasteiger partial charge in [0.05, 0.1) is 0 Å². The Labute approximate surface area is 88.5 Å². The zero-order valence-corrected chi connectivity index (χ0v) is 8.76. The van der Waals surface area contributed by atoms with Gasteiger partial charge in [-0.3, -0.25) is 0 Å². The summed E-state index contributed by atoms with van der Waals surface area (Å²) < 4.78 is 26.2. The van der Waals surface area contributed by atoms with Crippen LogP contribution < -0.4 is 5.32 Å². The molecule has 2 rings (SSSR count). The van der Waals surface area contributed by atoms with Crippen molar-refractivity contribution < 1.29 is 8.78 Å². The first-order valence-electron chi connectivity index (χ1n) is 5.32. The lowest BCUT2D eigenvalue weighted by Gasteiger charge is -2.09. The molecule has 1 nitrogen and oxygen atoms in total. The van der Waals surface area contributed by atoms with Crippen LogP contribution in [0.15, 0.2) is 18.2 Å². The molecule has 1 unspecified atom stereocenters. The lowest BCUT2D eigenvalue weighted by Crippen LogP contribution is -2.17. The van der Waals surface area contributed by atoms with E-state index in [-0.39, 0.29) is 11.6 Å². The summed E-state index contributed by atoms with van der Waals surface area (Å²) in [5.41, 5.74) is 0.496. The van der Waals surface area contributed by atoms with Gasteiger partial charge < -0.3 is 5.32 Å². The molecule has 1 N–H and O–H groups in total. The van der Waals surface area contributed by atoms with E-state index in [1.807, 2.05) is 0 Å². The Hall–Kier alpha value is -0.960. The molecule has 0 bridgehead atoms. The Bertz CT molecular complexity index is 351. The van der Waals surface area contributed by atoms with Gasteiger partial charge in [-0.25, -0.2) is 8.78 Å². The predicted molar refractivity (Wildman–Crippen MR) is 55.6 cm³/mol. The molecule has 15 heavy (non-hydrogen) atoms. The summed E-state index contributed by atoms with van der Waals surface area (Å²) in [7, 11) is 0. The Morgan fingerprint density at radius 3 is 2.87 bits per heavy atom. The fourth-order valence-electron chi connectivity index (χ4n) is 2.20. The monoisotopic (exact) mass is 211 g/mol. The lowest BCUT2D eigenvalue weighted by molar-refractivity contribution is 0.527. The standard InChI is InChI=1S/C12H15F2N/c1-8-4-9(7-15-8)5-10-6-11(13)2-3-12(10)14/h2-3,6,8-9,15H,4-5,7H2,1H3/t8?,9-/m1/s1. The van der Waals surface area contributed by atoms with Gasteiger partial charge in [0.2, 0.25) is 0 Å². The number of nitrogens with one attached hydrogen (secondary N) is 1. The van der Waals surface area contributed by atoms with Gasteiger partial charge in [-0.15, -0.1) is 0 Å². The number of halogens is 2. The van der Waals surface area contributed by atoms with Crippen LogP contribution in [0.2, 0.25) is 0 Å². The number of benzene rings is 1. The second-order valence-corrected chi connectivity index (χ2v) is 4.35. The first kappa shape index (κ1) is 10.6. The largest absolute Gasteiger partial charge is 0.314 e. The summed E-state index contributed by atoms with van der Waals surface area (Å²) in [5.74, 6) is -0.224. The SMILES string of the molecule is CC1C[C@H](Cc2cc(F)ccc2F)CN1. The highest BCUT2D eigenvalue weighted by atomic mass is 19.1. The van der Waals surface area contributed by atoms with Crippen molar-refractivity contribution in [2.24, 2.45) is 5.92 Å².